The summed E-state index contributed by atoms with van der Waals surface area (Å²) in [5, 5.41) is 7.26. The van der Waals surface area contributed by atoms with Crippen molar-refractivity contribution in [2.45, 2.75) is 19.7 Å². The zero-order valence-electron chi connectivity index (χ0n) is 12.5. The highest BCUT2D eigenvalue weighted by Crippen LogP contribution is 2.30. The van der Waals surface area contributed by atoms with Gasteiger partial charge in [0, 0.05) is 23.8 Å². The molecule has 3 aromatic rings. The van der Waals surface area contributed by atoms with Crippen LogP contribution in [0, 0.1) is 0 Å². The van der Waals surface area contributed by atoms with Crippen LogP contribution in [0.3, 0.4) is 0 Å². The summed E-state index contributed by atoms with van der Waals surface area (Å²) in [5.41, 5.74) is 1.74. The van der Waals surface area contributed by atoms with E-state index in [1.807, 2.05) is 6.92 Å². The number of hydrogen-bond donors (Lipinski definition) is 0. The minimum atomic E-state index is -4.66. The van der Waals surface area contributed by atoms with E-state index in [0.717, 1.165) is 5.56 Å². The van der Waals surface area contributed by atoms with E-state index in [0.29, 0.717) is 30.2 Å². The van der Waals surface area contributed by atoms with Crippen LogP contribution in [0.1, 0.15) is 18.6 Å². The normalized spacial score (nSPS) is 11.8. The number of hydrogen-bond acceptors (Lipinski definition) is 6. The van der Waals surface area contributed by atoms with Crippen LogP contribution in [-0.4, -0.2) is 21.9 Å². The van der Waals surface area contributed by atoms with E-state index in [1.165, 1.54) is 0 Å². The van der Waals surface area contributed by atoms with Crippen molar-refractivity contribution in [2.24, 2.45) is 0 Å². The molecule has 0 N–H and O–H groups in total. The van der Waals surface area contributed by atoms with Crippen LogP contribution in [0.25, 0.3) is 22.6 Å². The van der Waals surface area contributed by atoms with Crippen LogP contribution in [0.2, 0.25) is 0 Å². The molecular formula is C15H12F3N3O3. The molecular weight excluding hydrogens is 327 g/mol. The van der Waals surface area contributed by atoms with Crippen molar-refractivity contribution in [3.8, 4) is 22.6 Å². The van der Waals surface area contributed by atoms with Crippen molar-refractivity contribution >= 4 is 0 Å². The van der Waals surface area contributed by atoms with Crippen molar-refractivity contribution in [1.82, 2.24) is 15.3 Å². The second-order valence-corrected chi connectivity index (χ2v) is 4.81. The Bertz CT molecular complexity index is 809. The predicted octanol–water partition coefficient (Wildman–Crippen LogP) is 3.95. The van der Waals surface area contributed by atoms with Gasteiger partial charge in [-0.15, -0.1) is 0 Å². The van der Waals surface area contributed by atoms with Crippen LogP contribution in [0.5, 0.6) is 0 Å². The lowest BCUT2D eigenvalue weighted by Crippen LogP contribution is -2.04. The molecule has 0 saturated carbocycles. The topological polar surface area (TPSA) is 74.2 Å². The van der Waals surface area contributed by atoms with Crippen LogP contribution in [-0.2, 0) is 17.5 Å². The Morgan fingerprint density at radius 2 is 1.75 bits per heavy atom. The third-order valence-electron chi connectivity index (χ3n) is 3.11. The molecule has 1 aromatic carbocycles. The van der Waals surface area contributed by atoms with Crippen LogP contribution < -0.4 is 0 Å². The Hall–Kier alpha value is -2.68. The first kappa shape index (κ1) is 16.2. The number of halogens is 3. The van der Waals surface area contributed by atoms with Crippen molar-refractivity contribution in [3.05, 3.63) is 42.0 Å². The van der Waals surface area contributed by atoms with E-state index in [1.54, 1.807) is 30.3 Å². The molecule has 6 nitrogen and oxygen atoms in total. The molecule has 0 fully saturated rings. The molecule has 0 radical (unpaired) electrons. The highest BCUT2D eigenvalue weighted by molar-refractivity contribution is 5.64. The lowest BCUT2D eigenvalue weighted by atomic mass is 10.1. The summed E-state index contributed by atoms with van der Waals surface area (Å²) in [6, 6.07) is 8.26. The molecule has 0 saturated heterocycles. The van der Waals surface area contributed by atoms with Crippen LogP contribution in [0.4, 0.5) is 13.2 Å². The fourth-order valence-corrected chi connectivity index (χ4v) is 1.97. The van der Waals surface area contributed by atoms with E-state index in [4.69, 9.17) is 9.26 Å². The average molecular weight is 339 g/mol. The quantitative estimate of drug-likeness (QED) is 0.701. The third-order valence-corrected chi connectivity index (χ3v) is 3.11. The highest BCUT2D eigenvalue weighted by atomic mass is 19.4. The summed E-state index contributed by atoms with van der Waals surface area (Å²) in [4.78, 5) is 3.34. The van der Waals surface area contributed by atoms with Crippen LogP contribution >= 0.6 is 0 Å². The number of benzene rings is 1. The second-order valence-electron chi connectivity index (χ2n) is 4.81. The maximum Gasteiger partial charge on any atom is 0.471 e. The molecule has 0 aliphatic heterocycles. The standard InChI is InChI=1S/C15H12F3N3O3/c1-2-22-8-11-7-12(20-23-11)9-3-5-10(6-4-9)13-19-14(24-21-13)15(16,17)18/h3-7H,2,8H2,1H3. The van der Waals surface area contributed by atoms with Crippen molar-refractivity contribution in [1.29, 1.82) is 0 Å². The molecule has 0 atom stereocenters. The molecule has 9 heteroatoms. The second kappa shape index (κ2) is 6.44. The first-order chi connectivity index (χ1) is 11.5. The smallest absolute Gasteiger partial charge is 0.374 e. The van der Waals surface area contributed by atoms with E-state index in [-0.39, 0.29) is 5.82 Å². The van der Waals surface area contributed by atoms with Gasteiger partial charge in [-0.3, -0.25) is 0 Å². The maximum absolute atomic E-state index is 12.5. The molecule has 24 heavy (non-hydrogen) atoms. The van der Waals surface area contributed by atoms with Gasteiger partial charge in [0.15, 0.2) is 5.76 Å². The largest absolute Gasteiger partial charge is 0.471 e. The Kier molecular flexibility index (Phi) is 4.34. The Morgan fingerprint density at radius 1 is 1.04 bits per heavy atom. The summed E-state index contributed by atoms with van der Waals surface area (Å²) in [6.45, 7) is 2.76. The minimum absolute atomic E-state index is 0.133. The zero-order valence-corrected chi connectivity index (χ0v) is 12.5. The monoisotopic (exact) mass is 339 g/mol. The fourth-order valence-electron chi connectivity index (χ4n) is 1.97. The number of aromatic nitrogens is 3. The third kappa shape index (κ3) is 3.46. The van der Waals surface area contributed by atoms with E-state index in [9.17, 15) is 13.2 Å². The summed E-state index contributed by atoms with van der Waals surface area (Å²) in [5.74, 6) is -0.923. The SMILES string of the molecule is CCOCc1cc(-c2ccc(-c3noc(C(F)(F)F)n3)cc2)no1. The van der Waals surface area contributed by atoms with E-state index < -0.39 is 12.1 Å². The van der Waals surface area contributed by atoms with Crippen LogP contribution in [0.15, 0.2) is 39.4 Å². The van der Waals surface area contributed by atoms with Gasteiger partial charge in [-0.25, -0.2) is 0 Å². The first-order valence-corrected chi connectivity index (χ1v) is 7.02. The Morgan fingerprint density at radius 3 is 2.38 bits per heavy atom. The zero-order chi connectivity index (χ0) is 17.2. The average Bonchev–Trinajstić information content (AvgIpc) is 3.22. The number of alkyl halides is 3. The molecule has 0 aliphatic rings. The molecule has 0 bridgehead atoms. The van der Waals surface area contributed by atoms with Gasteiger partial charge in [0.05, 0.1) is 0 Å². The first-order valence-electron chi connectivity index (χ1n) is 7.02. The van der Waals surface area contributed by atoms with E-state index >= 15 is 0 Å². The van der Waals surface area contributed by atoms with Gasteiger partial charge in [0.25, 0.3) is 0 Å². The van der Waals surface area contributed by atoms with Gasteiger partial charge in [0.1, 0.15) is 12.3 Å². The summed E-state index contributed by atoms with van der Waals surface area (Å²) in [6.07, 6.45) is -4.66. The summed E-state index contributed by atoms with van der Waals surface area (Å²) < 4.78 is 52.0. The molecule has 0 amide bonds. The maximum atomic E-state index is 12.5. The van der Waals surface area contributed by atoms with E-state index in [2.05, 4.69) is 19.8 Å². The molecule has 2 heterocycles. The molecule has 0 aliphatic carbocycles. The summed E-state index contributed by atoms with van der Waals surface area (Å²) in [7, 11) is 0. The predicted molar refractivity (Wildman–Crippen MR) is 75.6 cm³/mol. The van der Waals surface area contributed by atoms with Gasteiger partial charge in [0.2, 0.25) is 5.82 Å². The van der Waals surface area contributed by atoms with Crippen molar-refractivity contribution in [3.63, 3.8) is 0 Å². The van der Waals surface area contributed by atoms with Gasteiger partial charge in [-0.2, -0.15) is 18.2 Å². The molecule has 3 rings (SSSR count). The van der Waals surface area contributed by atoms with Crippen molar-refractivity contribution < 1.29 is 27.0 Å². The lowest BCUT2D eigenvalue weighted by molar-refractivity contribution is -0.159. The van der Waals surface area contributed by atoms with Gasteiger partial charge < -0.3 is 13.8 Å². The number of nitrogens with zero attached hydrogens (tertiary/aromatic N) is 3. The Balaban J connectivity index is 1.78. The molecule has 0 spiro atoms. The number of rotatable bonds is 5. The lowest BCUT2D eigenvalue weighted by Gasteiger charge is -1.98. The molecule has 2 aromatic heterocycles. The number of ether oxygens (including phenoxy) is 1. The van der Waals surface area contributed by atoms with Gasteiger partial charge >= 0.3 is 12.1 Å². The highest BCUT2D eigenvalue weighted by Gasteiger charge is 2.38. The molecule has 0 unspecified atom stereocenters. The van der Waals surface area contributed by atoms with Gasteiger partial charge in [-0.05, 0) is 6.92 Å². The fraction of sp³-hybridized carbons (Fsp3) is 0.267. The summed E-state index contributed by atoms with van der Waals surface area (Å²) >= 11 is 0. The minimum Gasteiger partial charge on any atom is -0.374 e. The molecule has 126 valence electrons. The van der Waals surface area contributed by atoms with Crippen molar-refractivity contribution in [2.75, 3.05) is 6.61 Å². The van der Waals surface area contributed by atoms with Gasteiger partial charge in [-0.1, -0.05) is 34.6 Å². The Labute approximate surface area is 134 Å².